The first-order chi connectivity index (χ1) is 14.8. The van der Waals surface area contributed by atoms with Crippen LogP contribution in [0.2, 0.25) is 0 Å². The summed E-state index contributed by atoms with van der Waals surface area (Å²) in [4.78, 5) is 31.2. The Labute approximate surface area is 175 Å². The Morgan fingerprint density at radius 3 is 2.53 bits per heavy atom. The number of fused-ring (bicyclic) bond motifs is 1. The maximum atomic E-state index is 13.5. The van der Waals surface area contributed by atoms with Gasteiger partial charge in [-0.25, -0.2) is 9.97 Å². The maximum Gasteiger partial charge on any atom is 0.258 e. The van der Waals surface area contributed by atoms with Crippen LogP contribution in [0.25, 0.3) is 11.4 Å². The highest BCUT2D eigenvalue weighted by Crippen LogP contribution is 2.26. The van der Waals surface area contributed by atoms with E-state index in [4.69, 9.17) is 9.72 Å². The number of aromatic nitrogens is 3. The molecule has 0 atom stereocenters. The summed E-state index contributed by atoms with van der Waals surface area (Å²) in [5.74, 6) is 0.554. The number of hydrogen-bond donors (Lipinski definition) is 0. The van der Waals surface area contributed by atoms with E-state index in [0.29, 0.717) is 49.2 Å². The zero-order valence-electron chi connectivity index (χ0n) is 16.7. The lowest BCUT2D eigenvalue weighted by molar-refractivity contribution is 0.0734. The van der Waals surface area contributed by atoms with E-state index in [1.54, 1.807) is 12.4 Å². The highest BCUT2D eigenvalue weighted by atomic mass is 16.5. The summed E-state index contributed by atoms with van der Waals surface area (Å²) >= 11 is 0. The standard InChI is InChI=1S/C23H23N5O2/c29-22(28-10-8-17-5-1-2-6-18(17)16-28)19-15-25-23(27-11-13-30-14-12-27)26-21(19)20-7-3-4-9-24-20/h1-7,9,15H,8,10-14,16H2. The zero-order chi connectivity index (χ0) is 20.3. The molecule has 4 heterocycles. The molecule has 0 unspecified atom stereocenters. The van der Waals surface area contributed by atoms with E-state index in [0.717, 1.165) is 19.5 Å². The Kier molecular flexibility index (Phi) is 5.11. The van der Waals surface area contributed by atoms with Gasteiger partial charge in [0.15, 0.2) is 0 Å². The molecular formula is C23H23N5O2. The van der Waals surface area contributed by atoms with Crippen molar-refractivity contribution in [1.82, 2.24) is 19.9 Å². The average Bonchev–Trinajstić information content (AvgIpc) is 2.84. The lowest BCUT2D eigenvalue weighted by atomic mass is 9.99. The van der Waals surface area contributed by atoms with Crippen LogP contribution in [0.15, 0.2) is 54.9 Å². The van der Waals surface area contributed by atoms with Crippen molar-refractivity contribution in [3.8, 4) is 11.4 Å². The van der Waals surface area contributed by atoms with Crippen molar-refractivity contribution in [2.45, 2.75) is 13.0 Å². The van der Waals surface area contributed by atoms with Crippen LogP contribution in [-0.2, 0) is 17.7 Å². The molecule has 0 aliphatic carbocycles. The number of hydrogen-bond acceptors (Lipinski definition) is 6. The van der Waals surface area contributed by atoms with Crippen molar-refractivity contribution in [2.75, 3.05) is 37.7 Å². The third-order valence-corrected chi connectivity index (χ3v) is 5.63. The molecule has 2 aromatic heterocycles. The fraction of sp³-hybridized carbons (Fsp3) is 0.304. The van der Waals surface area contributed by atoms with Gasteiger partial charge in [-0.15, -0.1) is 0 Å². The summed E-state index contributed by atoms with van der Waals surface area (Å²) in [7, 11) is 0. The predicted octanol–water partition coefficient (Wildman–Crippen LogP) is 2.57. The van der Waals surface area contributed by atoms with Crippen LogP contribution >= 0.6 is 0 Å². The molecule has 2 aliphatic rings. The van der Waals surface area contributed by atoms with Crippen molar-refractivity contribution in [3.05, 3.63) is 71.5 Å². The third kappa shape index (κ3) is 3.64. The predicted molar refractivity (Wildman–Crippen MR) is 113 cm³/mol. The molecule has 0 bridgehead atoms. The summed E-state index contributed by atoms with van der Waals surface area (Å²) in [5.41, 5.74) is 4.25. The number of benzene rings is 1. The first-order valence-corrected chi connectivity index (χ1v) is 10.3. The quantitative estimate of drug-likeness (QED) is 0.672. The first-order valence-electron chi connectivity index (χ1n) is 10.3. The molecule has 1 aromatic carbocycles. The molecule has 7 nitrogen and oxygen atoms in total. The minimum Gasteiger partial charge on any atom is -0.378 e. The van der Waals surface area contributed by atoms with Crippen LogP contribution in [0.4, 0.5) is 5.95 Å². The molecule has 1 saturated heterocycles. The van der Waals surface area contributed by atoms with Crippen molar-refractivity contribution < 1.29 is 9.53 Å². The number of rotatable bonds is 3. The number of carbonyl (C=O) groups is 1. The van der Waals surface area contributed by atoms with Crippen LogP contribution in [-0.4, -0.2) is 58.6 Å². The molecule has 7 heteroatoms. The number of nitrogens with zero attached hydrogens (tertiary/aromatic N) is 5. The molecule has 1 fully saturated rings. The molecule has 2 aliphatic heterocycles. The average molecular weight is 401 g/mol. The van der Waals surface area contributed by atoms with E-state index in [1.807, 2.05) is 35.2 Å². The highest BCUT2D eigenvalue weighted by molar-refractivity contribution is 5.99. The van der Waals surface area contributed by atoms with Crippen molar-refractivity contribution >= 4 is 11.9 Å². The molecule has 0 N–H and O–H groups in total. The molecule has 3 aromatic rings. The van der Waals surface area contributed by atoms with E-state index in [9.17, 15) is 4.79 Å². The van der Waals surface area contributed by atoms with Gasteiger partial charge in [0.2, 0.25) is 5.95 Å². The van der Waals surface area contributed by atoms with E-state index in [-0.39, 0.29) is 5.91 Å². The number of pyridine rings is 1. The summed E-state index contributed by atoms with van der Waals surface area (Å²) in [5, 5.41) is 0. The largest absolute Gasteiger partial charge is 0.378 e. The van der Waals surface area contributed by atoms with Gasteiger partial charge in [-0.3, -0.25) is 9.78 Å². The van der Waals surface area contributed by atoms with Crippen LogP contribution in [0.3, 0.4) is 0 Å². The molecule has 0 radical (unpaired) electrons. The summed E-state index contributed by atoms with van der Waals surface area (Å²) < 4.78 is 5.44. The van der Waals surface area contributed by atoms with Crippen LogP contribution in [0.5, 0.6) is 0 Å². The maximum absolute atomic E-state index is 13.5. The molecule has 152 valence electrons. The Hall–Kier alpha value is -3.32. The molecule has 0 saturated carbocycles. The Balaban J connectivity index is 1.50. The second kappa shape index (κ2) is 8.20. The second-order valence-electron chi connectivity index (χ2n) is 7.49. The molecular weight excluding hydrogens is 378 g/mol. The second-order valence-corrected chi connectivity index (χ2v) is 7.49. The van der Waals surface area contributed by atoms with Crippen LogP contribution < -0.4 is 4.90 Å². The SMILES string of the molecule is O=C(c1cnc(N2CCOCC2)nc1-c1ccccn1)N1CCc2ccccc2C1. The Morgan fingerprint density at radius 2 is 1.73 bits per heavy atom. The fourth-order valence-corrected chi connectivity index (χ4v) is 3.98. The lowest BCUT2D eigenvalue weighted by Gasteiger charge is -2.30. The summed E-state index contributed by atoms with van der Waals surface area (Å²) in [6.07, 6.45) is 4.23. The van der Waals surface area contributed by atoms with Gasteiger partial charge in [0.25, 0.3) is 5.91 Å². The van der Waals surface area contributed by atoms with E-state index < -0.39 is 0 Å². The van der Waals surface area contributed by atoms with Gasteiger partial charge in [0.1, 0.15) is 5.69 Å². The smallest absolute Gasteiger partial charge is 0.258 e. The van der Waals surface area contributed by atoms with Gasteiger partial charge in [-0.2, -0.15) is 0 Å². The van der Waals surface area contributed by atoms with E-state index >= 15 is 0 Å². The van der Waals surface area contributed by atoms with Gasteiger partial charge in [0, 0.05) is 38.6 Å². The third-order valence-electron chi connectivity index (χ3n) is 5.63. The summed E-state index contributed by atoms with van der Waals surface area (Å²) in [6, 6.07) is 13.9. The van der Waals surface area contributed by atoms with E-state index in [1.165, 1.54) is 11.1 Å². The van der Waals surface area contributed by atoms with E-state index in [2.05, 4.69) is 27.0 Å². The topological polar surface area (TPSA) is 71.5 Å². The highest BCUT2D eigenvalue weighted by Gasteiger charge is 2.26. The number of ether oxygens (including phenoxy) is 1. The van der Waals surface area contributed by atoms with Gasteiger partial charge in [-0.05, 0) is 29.7 Å². The van der Waals surface area contributed by atoms with Crippen molar-refractivity contribution in [3.63, 3.8) is 0 Å². The number of amides is 1. The molecule has 1 amide bonds. The number of anilines is 1. The number of morpholine rings is 1. The van der Waals surface area contributed by atoms with Gasteiger partial charge < -0.3 is 14.5 Å². The van der Waals surface area contributed by atoms with Crippen molar-refractivity contribution in [2.24, 2.45) is 0 Å². The van der Waals surface area contributed by atoms with Crippen LogP contribution in [0, 0.1) is 0 Å². The summed E-state index contributed by atoms with van der Waals surface area (Å²) in [6.45, 7) is 4.05. The van der Waals surface area contributed by atoms with Crippen LogP contribution in [0.1, 0.15) is 21.5 Å². The van der Waals surface area contributed by atoms with Gasteiger partial charge in [-0.1, -0.05) is 30.3 Å². The Morgan fingerprint density at radius 1 is 0.933 bits per heavy atom. The Bertz CT molecular complexity index is 1050. The molecule has 0 spiro atoms. The minimum absolute atomic E-state index is 0.0568. The minimum atomic E-state index is -0.0568. The first kappa shape index (κ1) is 18.7. The van der Waals surface area contributed by atoms with Gasteiger partial charge in [0.05, 0.1) is 24.5 Å². The molecule has 5 rings (SSSR count). The number of carbonyl (C=O) groups excluding carboxylic acids is 1. The molecule has 30 heavy (non-hydrogen) atoms. The monoisotopic (exact) mass is 401 g/mol. The lowest BCUT2D eigenvalue weighted by Crippen LogP contribution is -2.38. The normalized spacial score (nSPS) is 16.3. The zero-order valence-corrected chi connectivity index (χ0v) is 16.7. The van der Waals surface area contributed by atoms with Gasteiger partial charge >= 0.3 is 0 Å². The fourth-order valence-electron chi connectivity index (χ4n) is 3.98. The van der Waals surface area contributed by atoms with Crippen molar-refractivity contribution in [1.29, 1.82) is 0 Å².